The second kappa shape index (κ2) is 10.7. The SMILES string of the molecule is COc1ccccc1OCC(=O)Nc1cccc(Oc2ccc3c(c2)C(=O)N(CC2CCCO2)C3=O)c1. The highest BCUT2D eigenvalue weighted by molar-refractivity contribution is 6.21. The van der Waals surface area contributed by atoms with Gasteiger partial charge in [0.1, 0.15) is 11.5 Å². The molecule has 9 heteroatoms. The Kier molecular flexibility index (Phi) is 7.04. The predicted molar refractivity (Wildman–Crippen MR) is 134 cm³/mol. The molecule has 5 rings (SSSR count). The van der Waals surface area contributed by atoms with E-state index in [9.17, 15) is 14.4 Å². The molecule has 2 aliphatic heterocycles. The van der Waals surface area contributed by atoms with Gasteiger partial charge in [-0.05, 0) is 55.3 Å². The average Bonchev–Trinajstić information content (AvgIpc) is 3.51. The number of fused-ring (bicyclic) bond motifs is 1. The largest absolute Gasteiger partial charge is 0.493 e. The van der Waals surface area contributed by atoms with Crippen LogP contribution in [0.2, 0.25) is 0 Å². The van der Waals surface area contributed by atoms with Gasteiger partial charge in [0, 0.05) is 18.4 Å². The quantitative estimate of drug-likeness (QED) is 0.436. The fourth-order valence-corrected chi connectivity index (χ4v) is 4.34. The Morgan fingerprint density at radius 1 is 0.973 bits per heavy atom. The molecule has 3 aromatic carbocycles. The van der Waals surface area contributed by atoms with E-state index in [4.69, 9.17) is 18.9 Å². The van der Waals surface area contributed by atoms with E-state index in [2.05, 4.69) is 5.32 Å². The predicted octanol–water partition coefficient (Wildman–Crippen LogP) is 4.28. The second-order valence-electron chi connectivity index (χ2n) is 8.68. The first-order chi connectivity index (χ1) is 18.0. The van der Waals surface area contributed by atoms with Crippen LogP contribution in [0.4, 0.5) is 5.69 Å². The zero-order valence-electron chi connectivity index (χ0n) is 20.3. The summed E-state index contributed by atoms with van der Waals surface area (Å²) >= 11 is 0. The standard InChI is InChI=1S/C28H26N2O7/c1-34-24-9-2-3-10-25(24)36-17-26(31)29-18-6-4-7-19(14-18)37-20-11-12-22-23(15-20)28(33)30(27(22)32)16-21-8-5-13-35-21/h2-4,6-7,9-12,14-15,21H,5,8,13,16-17H2,1H3,(H,29,31). The molecule has 0 radical (unpaired) electrons. The minimum absolute atomic E-state index is 0.115. The maximum Gasteiger partial charge on any atom is 0.262 e. The Balaban J connectivity index is 1.21. The van der Waals surface area contributed by atoms with Gasteiger partial charge >= 0.3 is 0 Å². The van der Waals surface area contributed by atoms with E-state index in [1.807, 2.05) is 6.07 Å². The molecule has 2 heterocycles. The number of methoxy groups -OCH3 is 1. The Bertz CT molecular complexity index is 1330. The number of amides is 3. The van der Waals surface area contributed by atoms with E-state index in [1.54, 1.807) is 60.7 Å². The maximum atomic E-state index is 12.9. The number of imide groups is 1. The van der Waals surface area contributed by atoms with Gasteiger partial charge in [-0.3, -0.25) is 19.3 Å². The number of hydrogen-bond donors (Lipinski definition) is 1. The molecule has 2 aliphatic rings. The van der Waals surface area contributed by atoms with Crippen molar-refractivity contribution in [2.75, 3.05) is 32.2 Å². The van der Waals surface area contributed by atoms with Gasteiger partial charge in [-0.1, -0.05) is 18.2 Å². The number of para-hydroxylation sites is 2. The highest BCUT2D eigenvalue weighted by atomic mass is 16.5. The second-order valence-corrected chi connectivity index (χ2v) is 8.68. The Hall–Kier alpha value is -4.37. The Morgan fingerprint density at radius 2 is 1.76 bits per heavy atom. The summed E-state index contributed by atoms with van der Waals surface area (Å²) in [7, 11) is 1.53. The number of benzene rings is 3. The van der Waals surface area contributed by atoms with Crippen LogP contribution in [0.1, 0.15) is 33.6 Å². The Morgan fingerprint density at radius 3 is 2.54 bits per heavy atom. The highest BCUT2D eigenvalue weighted by Gasteiger charge is 2.37. The number of carbonyl (C=O) groups is 3. The summed E-state index contributed by atoms with van der Waals surface area (Å²) in [6, 6.07) is 18.7. The van der Waals surface area contributed by atoms with Gasteiger partial charge in [-0.15, -0.1) is 0 Å². The number of nitrogens with zero attached hydrogens (tertiary/aromatic N) is 1. The van der Waals surface area contributed by atoms with Crippen LogP contribution >= 0.6 is 0 Å². The summed E-state index contributed by atoms with van der Waals surface area (Å²) in [6.07, 6.45) is 1.65. The van der Waals surface area contributed by atoms with E-state index < -0.39 is 0 Å². The normalized spacial score (nSPS) is 16.5. The third-order valence-electron chi connectivity index (χ3n) is 6.13. The van der Waals surface area contributed by atoms with Gasteiger partial charge in [-0.25, -0.2) is 0 Å². The number of ether oxygens (including phenoxy) is 4. The fraction of sp³-hybridized carbons (Fsp3) is 0.250. The molecule has 1 atom stereocenters. The van der Waals surface area contributed by atoms with Crippen LogP contribution in [0.15, 0.2) is 66.7 Å². The van der Waals surface area contributed by atoms with Gasteiger partial charge in [-0.2, -0.15) is 0 Å². The van der Waals surface area contributed by atoms with Crippen LogP contribution in [0.25, 0.3) is 0 Å². The summed E-state index contributed by atoms with van der Waals surface area (Å²) in [6.45, 7) is 0.708. The molecule has 9 nitrogen and oxygen atoms in total. The van der Waals surface area contributed by atoms with Crippen LogP contribution in [-0.2, 0) is 9.53 Å². The number of carbonyl (C=O) groups excluding carboxylic acids is 3. The topological polar surface area (TPSA) is 103 Å². The van der Waals surface area contributed by atoms with E-state index in [-0.39, 0.29) is 37.0 Å². The number of anilines is 1. The summed E-state index contributed by atoms with van der Waals surface area (Å²) in [5.74, 6) is 0.847. The van der Waals surface area contributed by atoms with Crippen molar-refractivity contribution in [2.45, 2.75) is 18.9 Å². The molecule has 1 unspecified atom stereocenters. The van der Waals surface area contributed by atoms with Gasteiger partial charge in [0.05, 0.1) is 30.9 Å². The molecule has 3 amide bonds. The van der Waals surface area contributed by atoms with Crippen molar-refractivity contribution in [3.8, 4) is 23.0 Å². The first-order valence-electron chi connectivity index (χ1n) is 12.0. The van der Waals surface area contributed by atoms with Crippen LogP contribution in [0, 0.1) is 0 Å². The fourth-order valence-electron chi connectivity index (χ4n) is 4.34. The van der Waals surface area contributed by atoms with Crippen LogP contribution in [0.5, 0.6) is 23.0 Å². The van der Waals surface area contributed by atoms with Crippen molar-refractivity contribution in [2.24, 2.45) is 0 Å². The zero-order chi connectivity index (χ0) is 25.8. The number of hydrogen-bond acceptors (Lipinski definition) is 7. The molecule has 1 fully saturated rings. The smallest absolute Gasteiger partial charge is 0.262 e. The molecular weight excluding hydrogens is 476 g/mol. The third kappa shape index (κ3) is 5.41. The van der Waals surface area contributed by atoms with E-state index >= 15 is 0 Å². The maximum absolute atomic E-state index is 12.9. The minimum Gasteiger partial charge on any atom is -0.493 e. The van der Waals surface area contributed by atoms with Crippen molar-refractivity contribution in [3.05, 3.63) is 77.9 Å². The van der Waals surface area contributed by atoms with Crippen molar-refractivity contribution in [1.82, 2.24) is 4.90 Å². The molecule has 0 bridgehead atoms. The third-order valence-corrected chi connectivity index (χ3v) is 6.13. The lowest BCUT2D eigenvalue weighted by atomic mass is 10.1. The minimum atomic E-state index is -0.351. The molecule has 0 saturated carbocycles. The number of nitrogens with one attached hydrogen (secondary N) is 1. The molecule has 1 saturated heterocycles. The molecule has 0 spiro atoms. The van der Waals surface area contributed by atoms with Crippen molar-refractivity contribution in [1.29, 1.82) is 0 Å². The molecule has 1 N–H and O–H groups in total. The van der Waals surface area contributed by atoms with E-state index in [1.165, 1.54) is 12.0 Å². The van der Waals surface area contributed by atoms with Crippen LogP contribution in [0.3, 0.4) is 0 Å². The van der Waals surface area contributed by atoms with Gasteiger partial charge in [0.25, 0.3) is 17.7 Å². The lowest BCUT2D eigenvalue weighted by molar-refractivity contribution is -0.118. The summed E-state index contributed by atoms with van der Waals surface area (Å²) < 4.78 is 22.3. The first kappa shape index (κ1) is 24.3. The lowest BCUT2D eigenvalue weighted by Gasteiger charge is -2.17. The van der Waals surface area contributed by atoms with Gasteiger partial charge in [0.15, 0.2) is 18.1 Å². The van der Waals surface area contributed by atoms with Crippen LogP contribution < -0.4 is 19.5 Å². The molecule has 37 heavy (non-hydrogen) atoms. The van der Waals surface area contributed by atoms with Gasteiger partial charge < -0.3 is 24.3 Å². The van der Waals surface area contributed by atoms with E-state index in [0.29, 0.717) is 46.4 Å². The monoisotopic (exact) mass is 502 g/mol. The summed E-state index contributed by atoms with van der Waals surface area (Å²) in [5.41, 5.74) is 1.17. The van der Waals surface area contributed by atoms with Crippen molar-refractivity contribution >= 4 is 23.4 Å². The number of rotatable bonds is 9. The summed E-state index contributed by atoms with van der Waals surface area (Å²) in [5, 5.41) is 2.77. The molecule has 0 aliphatic carbocycles. The lowest BCUT2D eigenvalue weighted by Crippen LogP contribution is -2.36. The van der Waals surface area contributed by atoms with E-state index in [0.717, 1.165) is 12.8 Å². The van der Waals surface area contributed by atoms with Crippen molar-refractivity contribution in [3.63, 3.8) is 0 Å². The average molecular weight is 503 g/mol. The van der Waals surface area contributed by atoms with Gasteiger partial charge in [0.2, 0.25) is 0 Å². The first-order valence-corrected chi connectivity index (χ1v) is 12.0. The van der Waals surface area contributed by atoms with Crippen LogP contribution in [-0.4, -0.2) is 55.6 Å². The highest BCUT2D eigenvalue weighted by Crippen LogP contribution is 2.31. The molecule has 190 valence electrons. The molecule has 0 aromatic heterocycles. The zero-order valence-corrected chi connectivity index (χ0v) is 20.3. The molecular formula is C28H26N2O7. The molecule has 3 aromatic rings. The summed E-state index contributed by atoms with van der Waals surface area (Å²) in [4.78, 5) is 39.3. The Labute approximate surface area is 213 Å². The van der Waals surface area contributed by atoms with Crippen molar-refractivity contribution < 1.29 is 33.3 Å².